The number of hydrogen-bond donors (Lipinski definition) is 2. The van der Waals surface area contributed by atoms with Crippen LogP contribution in [-0.2, 0) is 11.3 Å². The first-order valence-corrected chi connectivity index (χ1v) is 8.00. The summed E-state index contributed by atoms with van der Waals surface area (Å²) in [5.41, 5.74) is 2.35. The van der Waals surface area contributed by atoms with Gasteiger partial charge in [0.25, 0.3) is 0 Å². The van der Waals surface area contributed by atoms with Crippen molar-refractivity contribution in [1.82, 2.24) is 15.5 Å². The van der Waals surface area contributed by atoms with Crippen LogP contribution in [0.15, 0.2) is 23.7 Å². The van der Waals surface area contributed by atoms with Crippen molar-refractivity contribution in [2.24, 2.45) is 5.92 Å². The van der Waals surface area contributed by atoms with E-state index in [0.717, 1.165) is 38.4 Å². The van der Waals surface area contributed by atoms with Gasteiger partial charge in [-0.2, -0.15) is 5.10 Å². The molecule has 4 nitrogen and oxygen atoms in total. The fraction of sp³-hybridized carbons (Fsp3) is 0.533. The van der Waals surface area contributed by atoms with E-state index in [1.165, 1.54) is 10.4 Å². The maximum Gasteiger partial charge on any atom is 0.0794 e. The highest BCUT2D eigenvalue weighted by Crippen LogP contribution is 2.25. The second-order valence-electron chi connectivity index (χ2n) is 5.25. The van der Waals surface area contributed by atoms with Crippen LogP contribution in [0.5, 0.6) is 0 Å². The molecule has 5 heteroatoms. The third kappa shape index (κ3) is 4.74. The normalized spacial score (nSPS) is 11.3. The lowest BCUT2D eigenvalue weighted by atomic mass is 10.2. The minimum absolute atomic E-state index is 0.613. The Morgan fingerprint density at radius 2 is 2.35 bits per heavy atom. The first-order chi connectivity index (χ1) is 9.77. The van der Waals surface area contributed by atoms with Crippen molar-refractivity contribution in [3.05, 3.63) is 29.3 Å². The SMILES string of the molecule is CC(C)COCCCNCc1cn[nH]c1-c1cccs1. The molecule has 0 bridgehead atoms. The summed E-state index contributed by atoms with van der Waals surface area (Å²) in [4.78, 5) is 1.24. The summed E-state index contributed by atoms with van der Waals surface area (Å²) in [6.45, 7) is 7.83. The molecule has 0 saturated heterocycles. The van der Waals surface area contributed by atoms with E-state index >= 15 is 0 Å². The molecule has 0 radical (unpaired) electrons. The summed E-state index contributed by atoms with van der Waals surface area (Å²) >= 11 is 1.73. The minimum atomic E-state index is 0.613. The van der Waals surface area contributed by atoms with E-state index in [4.69, 9.17) is 4.74 Å². The summed E-state index contributed by atoms with van der Waals surface area (Å²) in [6, 6.07) is 4.17. The van der Waals surface area contributed by atoms with Crippen molar-refractivity contribution >= 4 is 11.3 Å². The standard InChI is InChI=1S/C15H23N3OS/c1-12(2)11-19-7-4-6-16-9-13-10-17-18-15(13)14-5-3-8-20-14/h3,5,8,10,12,16H,4,6-7,9,11H2,1-2H3,(H,17,18). The van der Waals surface area contributed by atoms with Crippen molar-refractivity contribution in [3.63, 3.8) is 0 Å². The fourth-order valence-corrected chi connectivity index (χ4v) is 2.68. The summed E-state index contributed by atoms with van der Waals surface area (Å²) in [5.74, 6) is 0.613. The van der Waals surface area contributed by atoms with E-state index in [1.54, 1.807) is 11.3 Å². The zero-order valence-electron chi connectivity index (χ0n) is 12.2. The van der Waals surface area contributed by atoms with Crippen LogP contribution in [0.1, 0.15) is 25.8 Å². The summed E-state index contributed by atoms with van der Waals surface area (Å²) in [6.07, 6.45) is 2.94. The van der Waals surface area contributed by atoms with Crippen LogP contribution in [0.4, 0.5) is 0 Å². The van der Waals surface area contributed by atoms with Gasteiger partial charge < -0.3 is 10.1 Å². The number of nitrogens with one attached hydrogen (secondary N) is 2. The lowest BCUT2D eigenvalue weighted by Crippen LogP contribution is -2.17. The highest BCUT2D eigenvalue weighted by molar-refractivity contribution is 7.13. The number of H-pyrrole nitrogens is 1. The molecular formula is C15H23N3OS. The first-order valence-electron chi connectivity index (χ1n) is 7.12. The molecule has 0 atom stereocenters. The number of aromatic nitrogens is 2. The number of nitrogens with zero attached hydrogens (tertiary/aromatic N) is 1. The molecule has 0 saturated carbocycles. The largest absolute Gasteiger partial charge is 0.381 e. The molecule has 0 aliphatic carbocycles. The second-order valence-corrected chi connectivity index (χ2v) is 6.19. The van der Waals surface area contributed by atoms with Gasteiger partial charge in [0.05, 0.1) is 16.8 Å². The highest BCUT2D eigenvalue weighted by atomic mass is 32.1. The van der Waals surface area contributed by atoms with Crippen LogP contribution >= 0.6 is 11.3 Å². The fourth-order valence-electron chi connectivity index (χ4n) is 1.92. The molecule has 2 N–H and O–H groups in total. The summed E-state index contributed by atoms with van der Waals surface area (Å²) in [5, 5.41) is 12.7. The minimum Gasteiger partial charge on any atom is -0.381 e. The Labute approximate surface area is 124 Å². The van der Waals surface area contributed by atoms with Crippen LogP contribution in [-0.4, -0.2) is 30.0 Å². The number of ether oxygens (including phenoxy) is 1. The topological polar surface area (TPSA) is 49.9 Å². The van der Waals surface area contributed by atoms with Gasteiger partial charge in [-0.05, 0) is 30.3 Å². The van der Waals surface area contributed by atoms with Gasteiger partial charge in [-0.25, -0.2) is 0 Å². The molecule has 0 amide bonds. The van der Waals surface area contributed by atoms with Gasteiger partial charge in [-0.1, -0.05) is 19.9 Å². The second kappa shape index (κ2) is 8.19. The Kier molecular flexibility index (Phi) is 6.24. The van der Waals surface area contributed by atoms with Gasteiger partial charge in [0.1, 0.15) is 0 Å². The van der Waals surface area contributed by atoms with Crippen LogP contribution in [0, 0.1) is 5.92 Å². The van der Waals surface area contributed by atoms with Crippen molar-refractivity contribution < 1.29 is 4.74 Å². The van der Waals surface area contributed by atoms with Crippen LogP contribution in [0.2, 0.25) is 0 Å². The quantitative estimate of drug-likeness (QED) is 0.698. The Morgan fingerprint density at radius 1 is 1.45 bits per heavy atom. The average Bonchev–Trinajstić information content (AvgIpc) is 3.07. The molecule has 20 heavy (non-hydrogen) atoms. The lowest BCUT2D eigenvalue weighted by Gasteiger charge is -2.07. The predicted molar refractivity (Wildman–Crippen MR) is 83.9 cm³/mol. The Balaban J connectivity index is 1.67. The van der Waals surface area contributed by atoms with Gasteiger partial charge in [-0.15, -0.1) is 11.3 Å². The molecule has 0 fully saturated rings. The predicted octanol–water partition coefficient (Wildman–Crippen LogP) is 3.29. The van der Waals surface area contributed by atoms with Crippen LogP contribution < -0.4 is 5.32 Å². The first kappa shape index (κ1) is 15.2. The third-order valence-electron chi connectivity index (χ3n) is 2.89. The van der Waals surface area contributed by atoms with E-state index < -0.39 is 0 Å². The number of hydrogen-bond acceptors (Lipinski definition) is 4. The Hall–Kier alpha value is -1.17. The van der Waals surface area contributed by atoms with Gasteiger partial charge in [0.2, 0.25) is 0 Å². The molecule has 2 aromatic heterocycles. The Morgan fingerprint density at radius 3 is 3.10 bits per heavy atom. The zero-order valence-corrected chi connectivity index (χ0v) is 13.0. The average molecular weight is 293 g/mol. The third-order valence-corrected chi connectivity index (χ3v) is 3.78. The van der Waals surface area contributed by atoms with Crippen LogP contribution in [0.3, 0.4) is 0 Å². The molecule has 0 unspecified atom stereocenters. The molecule has 2 aromatic rings. The number of aromatic amines is 1. The molecular weight excluding hydrogens is 270 g/mol. The highest BCUT2D eigenvalue weighted by Gasteiger charge is 2.07. The molecule has 0 aromatic carbocycles. The zero-order chi connectivity index (χ0) is 14.2. The molecule has 2 heterocycles. The van der Waals surface area contributed by atoms with E-state index in [2.05, 4.69) is 46.9 Å². The lowest BCUT2D eigenvalue weighted by molar-refractivity contribution is 0.108. The molecule has 0 spiro atoms. The van der Waals surface area contributed by atoms with Gasteiger partial charge >= 0.3 is 0 Å². The summed E-state index contributed by atoms with van der Waals surface area (Å²) < 4.78 is 5.56. The van der Waals surface area contributed by atoms with E-state index in [9.17, 15) is 0 Å². The maximum atomic E-state index is 5.56. The van der Waals surface area contributed by atoms with Crippen molar-refractivity contribution in [2.45, 2.75) is 26.8 Å². The van der Waals surface area contributed by atoms with Gasteiger partial charge in [0.15, 0.2) is 0 Å². The maximum absolute atomic E-state index is 5.56. The molecule has 110 valence electrons. The van der Waals surface area contributed by atoms with E-state index in [-0.39, 0.29) is 0 Å². The number of rotatable bonds is 9. The van der Waals surface area contributed by atoms with Gasteiger partial charge in [-0.3, -0.25) is 5.10 Å². The van der Waals surface area contributed by atoms with E-state index in [1.807, 2.05) is 6.20 Å². The van der Waals surface area contributed by atoms with E-state index in [0.29, 0.717) is 5.92 Å². The molecule has 2 rings (SSSR count). The smallest absolute Gasteiger partial charge is 0.0794 e. The van der Waals surface area contributed by atoms with Crippen molar-refractivity contribution in [3.8, 4) is 10.6 Å². The molecule has 0 aliphatic heterocycles. The molecule has 0 aliphatic rings. The van der Waals surface area contributed by atoms with Crippen molar-refractivity contribution in [1.29, 1.82) is 0 Å². The van der Waals surface area contributed by atoms with Gasteiger partial charge in [0, 0.05) is 25.3 Å². The summed E-state index contributed by atoms with van der Waals surface area (Å²) in [7, 11) is 0. The number of thiophene rings is 1. The Bertz CT molecular complexity index is 479. The monoisotopic (exact) mass is 293 g/mol. The van der Waals surface area contributed by atoms with Crippen molar-refractivity contribution in [2.75, 3.05) is 19.8 Å². The van der Waals surface area contributed by atoms with Crippen LogP contribution in [0.25, 0.3) is 10.6 Å².